The van der Waals surface area contributed by atoms with Crippen molar-refractivity contribution < 1.29 is 9.53 Å². The van der Waals surface area contributed by atoms with E-state index in [1.165, 1.54) is 19.3 Å². The zero-order chi connectivity index (χ0) is 24.8. The Balaban J connectivity index is 0.00000361. The number of likely N-dealkylation sites (tertiary alicyclic amines) is 1. The van der Waals surface area contributed by atoms with Gasteiger partial charge in [0.15, 0.2) is 11.5 Å². The molecule has 0 unspecified atom stereocenters. The van der Waals surface area contributed by atoms with Crippen LogP contribution in [0.15, 0.2) is 36.7 Å². The molecule has 0 saturated carbocycles. The number of amides is 1. The Morgan fingerprint density at radius 1 is 1.11 bits per heavy atom. The lowest BCUT2D eigenvalue weighted by Gasteiger charge is -2.25. The lowest BCUT2D eigenvalue weighted by atomic mass is 10.1. The van der Waals surface area contributed by atoms with Gasteiger partial charge in [-0.1, -0.05) is 31.9 Å². The van der Waals surface area contributed by atoms with Crippen LogP contribution in [0.3, 0.4) is 0 Å². The highest BCUT2D eigenvalue weighted by Gasteiger charge is 2.16. The molecule has 1 saturated heterocycles. The Labute approximate surface area is 223 Å². The van der Waals surface area contributed by atoms with E-state index in [2.05, 4.69) is 39.1 Å². The zero-order valence-corrected chi connectivity index (χ0v) is 22.6. The molecule has 194 valence electrons. The third-order valence-corrected chi connectivity index (χ3v) is 6.14. The first-order chi connectivity index (χ1) is 16.9. The number of benzene rings is 1. The van der Waals surface area contributed by atoms with Crippen molar-refractivity contribution in [2.24, 2.45) is 5.92 Å². The summed E-state index contributed by atoms with van der Waals surface area (Å²) in [6, 6.07) is 7.32. The van der Waals surface area contributed by atoms with E-state index < -0.39 is 0 Å². The van der Waals surface area contributed by atoms with Crippen LogP contribution in [0, 0.1) is 12.8 Å². The van der Waals surface area contributed by atoms with Gasteiger partial charge < -0.3 is 10.1 Å². The molecule has 3 heterocycles. The summed E-state index contributed by atoms with van der Waals surface area (Å²) in [7, 11) is 0. The van der Waals surface area contributed by atoms with E-state index in [1.54, 1.807) is 23.1 Å². The average Bonchev–Trinajstić information content (AvgIpc) is 3.20. The van der Waals surface area contributed by atoms with Gasteiger partial charge in [-0.2, -0.15) is 5.10 Å². The van der Waals surface area contributed by atoms with Crippen LogP contribution in [-0.2, 0) is 13.1 Å². The first-order valence-corrected chi connectivity index (χ1v) is 12.6. The molecular weight excluding hydrogens is 499 g/mol. The molecule has 0 radical (unpaired) electrons. The predicted molar refractivity (Wildman–Crippen MR) is 144 cm³/mol. The smallest absolute Gasteiger partial charge is 0.277 e. The highest BCUT2D eigenvalue weighted by Crippen LogP contribution is 2.25. The largest absolute Gasteiger partial charge is 0.493 e. The average molecular weight is 534 g/mol. The van der Waals surface area contributed by atoms with Gasteiger partial charge in [0.25, 0.3) is 5.91 Å². The molecule has 0 aliphatic carbocycles. The quantitative estimate of drug-likeness (QED) is 0.398. The third kappa shape index (κ3) is 7.66. The van der Waals surface area contributed by atoms with Gasteiger partial charge in [-0.25, -0.2) is 4.98 Å². The van der Waals surface area contributed by atoms with Gasteiger partial charge in [0.1, 0.15) is 5.75 Å². The van der Waals surface area contributed by atoms with Gasteiger partial charge in [-0.15, -0.1) is 12.4 Å². The number of rotatable bonds is 9. The monoisotopic (exact) mass is 532 g/mol. The SMILES string of the molecule is Cc1cc(C(=O)Nc2cnc(CN3CCCCC3)cn2)nn1Cc1cc(Cl)ccc1OCC(C)C.Cl. The van der Waals surface area contributed by atoms with Crippen LogP contribution in [0.25, 0.3) is 0 Å². The molecule has 1 aromatic carbocycles. The van der Waals surface area contributed by atoms with Crippen LogP contribution in [0.2, 0.25) is 5.02 Å². The fraction of sp³-hybridized carbons (Fsp3) is 0.462. The minimum Gasteiger partial charge on any atom is -0.493 e. The van der Waals surface area contributed by atoms with Gasteiger partial charge >= 0.3 is 0 Å². The molecule has 0 spiro atoms. The van der Waals surface area contributed by atoms with Crippen molar-refractivity contribution in [3.63, 3.8) is 0 Å². The number of carbonyl (C=O) groups is 1. The highest BCUT2D eigenvalue weighted by atomic mass is 35.5. The minimum absolute atomic E-state index is 0. The molecule has 8 nitrogen and oxygen atoms in total. The Bertz CT molecular complexity index is 1140. The molecule has 36 heavy (non-hydrogen) atoms. The Morgan fingerprint density at radius 2 is 1.89 bits per heavy atom. The number of aromatic nitrogens is 4. The first-order valence-electron chi connectivity index (χ1n) is 12.2. The molecule has 3 aromatic rings. The van der Waals surface area contributed by atoms with Crippen LogP contribution >= 0.6 is 24.0 Å². The fourth-order valence-electron chi connectivity index (χ4n) is 4.04. The molecule has 1 aliphatic heterocycles. The number of ether oxygens (including phenoxy) is 1. The van der Waals surface area contributed by atoms with E-state index in [1.807, 2.05) is 25.1 Å². The highest BCUT2D eigenvalue weighted by molar-refractivity contribution is 6.30. The standard InChI is InChI=1S/C26H33ClN6O2.ClH/c1-18(2)17-35-24-8-7-21(27)12-20(24)15-33-19(3)11-23(31-33)26(34)30-25-14-28-22(13-29-25)16-32-9-5-4-6-10-32;/h7-8,11-14,18H,4-6,9-10,15-17H2,1-3H3,(H,29,30,34);1H. The molecule has 1 fully saturated rings. The Kier molecular flexibility index (Phi) is 10.1. The van der Waals surface area contributed by atoms with Crippen molar-refractivity contribution in [3.05, 3.63) is 64.3 Å². The number of carbonyl (C=O) groups excluding carboxylic acids is 1. The van der Waals surface area contributed by atoms with E-state index in [0.29, 0.717) is 35.6 Å². The molecular formula is C26H34Cl2N6O2. The van der Waals surface area contributed by atoms with Gasteiger partial charge in [0.2, 0.25) is 0 Å². The van der Waals surface area contributed by atoms with Gasteiger partial charge in [0.05, 0.1) is 31.2 Å². The maximum Gasteiger partial charge on any atom is 0.277 e. The summed E-state index contributed by atoms with van der Waals surface area (Å²) in [5.74, 6) is 1.25. The fourth-order valence-corrected chi connectivity index (χ4v) is 4.23. The summed E-state index contributed by atoms with van der Waals surface area (Å²) in [6.45, 7) is 10.2. The summed E-state index contributed by atoms with van der Waals surface area (Å²) >= 11 is 6.23. The van der Waals surface area contributed by atoms with E-state index in [0.717, 1.165) is 42.3 Å². The van der Waals surface area contributed by atoms with Crippen molar-refractivity contribution in [2.75, 3.05) is 25.0 Å². The van der Waals surface area contributed by atoms with Crippen LogP contribution in [0.5, 0.6) is 5.75 Å². The van der Waals surface area contributed by atoms with E-state index >= 15 is 0 Å². The van der Waals surface area contributed by atoms with E-state index in [9.17, 15) is 4.79 Å². The van der Waals surface area contributed by atoms with Crippen molar-refractivity contribution in [1.82, 2.24) is 24.6 Å². The number of hydrogen-bond donors (Lipinski definition) is 1. The van der Waals surface area contributed by atoms with Crippen molar-refractivity contribution in [1.29, 1.82) is 0 Å². The Hall–Kier alpha value is -2.68. The minimum atomic E-state index is -0.327. The molecule has 1 N–H and O–H groups in total. The second kappa shape index (κ2) is 13.0. The number of anilines is 1. The normalized spacial score (nSPS) is 13.9. The third-order valence-electron chi connectivity index (χ3n) is 5.91. The van der Waals surface area contributed by atoms with E-state index in [4.69, 9.17) is 16.3 Å². The predicted octanol–water partition coefficient (Wildman–Crippen LogP) is 5.38. The van der Waals surface area contributed by atoms with Crippen molar-refractivity contribution in [2.45, 2.75) is 53.1 Å². The maximum atomic E-state index is 12.8. The zero-order valence-electron chi connectivity index (χ0n) is 21.0. The summed E-state index contributed by atoms with van der Waals surface area (Å²) in [5.41, 5.74) is 2.98. The lowest BCUT2D eigenvalue weighted by molar-refractivity contribution is 0.102. The number of nitrogens with one attached hydrogen (secondary N) is 1. The van der Waals surface area contributed by atoms with Crippen LogP contribution in [0.4, 0.5) is 5.82 Å². The number of nitrogens with zero attached hydrogens (tertiary/aromatic N) is 5. The summed E-state index contributed by atoms with van der Waals surface area (Å²) in [6.07, 6.45) is 7.10. The summed E-state index contributed by atoms with van der Waals surface area (Å²) in [5, 5.41) is 7.94. The van der Waals surface area contributed by atoms with Crippen LogP contribution < -0.4 is 10.1 Å². The Morgan fingerprint density at radius 3 is 2.58 bits per heavy atom. The summed E-state index contributed by atoms with van der Waals surface area (Å²) < 4.78 is 7.73. The second-order valence-electron chi connectivity index (χ2n) is 9.47. The maximum absolute atomic E-state index is 12.8. The van der Waals surface area contributed by atoms with Crippen molar-refractivity contribution >= 4 is 35.7 Å². The first kappa shape index (κ1) is 27.9. The number of hydrogen-bond acceptors (Lipinski definition) is 6. The van der Waals surface area contributed by atoms with Gasteiger partial charge in [0, 0.05) is 22.8 Å². The second-order valence-corrected chi connectivity index (χ2v) is 9.91. The molecule has 1 amide bonds. The van der Waals surface area contributed by atoms with Crippen molar-refractivity contribution in [3.8, 4) is 5.75 Å². The van der Waals surface area contributed by atoms with Gasteiger partial charge in [-0.3, -0.25) is 19.4 Å². The van der Waals surface area contributed by atoms with E-state index in [-0.39, 0.29) is 18.3 Å². The molecule has 1 aliphatic rings. The van der Waals surface area contributed by atoms with Gasteiger partial charge in [-0.05, 0) is 63.0 Å². The molecule has 0 atom stereocenters. The number of halogens is 2. The topological polar surface area (TPSA) is 85.2 Å². The molecule has 4 rings (SSSR count). The molecule has 2 aromatic heterocycles. The van der Waals surface area contributed by atoms with Crippen LogP contribution in [-0.4, -0.2) is 50.3 Å². The number of piperidine rings is 1. The lowest BCUT2D eigenvalue weighted by Crippen LogP contribution is -2.29. The molecule has 10 heteroatoms. The summed E-state index contributed by atoms with van der Waals surface area (Å²) in [4.78, 5) is 24.1. The van der Waals surface area contributed by atoms with Crippen LogP contribution in [0.1, 0.15) is 60.5 Å². The number of aryl methyl sites for hydroxylation is 1. The molecule has 0 bridgehead atoms.